The first-order valence-corrected chi connectivity index (χ1v) is 9.25. The zero-order valence-electron chi connectivity index (χ0n) is 13.8. The number of hydrogen-bond acceptors (Lipinski definition) is 6. The lowest BCUT2D eigenvalue weighted by atomic mass is 10.2. The van der Waals surface area contributed by atoms with Crippen molar-refractivity contribution in [3.63, 3.8) is 0 Å². The molecule has 0 bridgehead atoms. The maximum absolute atomic E-state index is 12.2. The van der Waals surface area contributed by atoms with Crippen LogP contribution in [0.2, 0.25) is 0 Å². The molecule has 136 valence electrons. The minimum Gasteiger partial charge on any atom is -0.392 e. The standard InChI is InChI=1S/C15H21N5O4S/c1-12(21)9-17-15(22)13-3-5-14(6-4-13)25(23,24)19-7-2-8-20-11-16-10-18-20/h3-6,10-12,19,21H,2,7-9H2,1H3,(H,17,22)/t12-/m0/s1. The highest BCUT2D eigenvalue weighted by molar-refractivity contribution is 7.89. The van der Waals surface area contributed by atoms with Crippen LogP contribution in [-0.4, -0.2) is 53.4 Å². The molecular weight excluding hydrogens is 346 g/mol. The van der Waals surface area contributed by atoms with E-state index < -0.39 is 16.1 Å². The molecule has 0 saturated heterocycles. The van der Waals surface area contributed by atoms with Gasteiger partial charge in [-0.1, -0.05) is 0 Å². The van der Waals surface area contributed by atoms with Gasteiger partial charge >= 0.3 is 0 Å². The SMILES string of the molecule is C[C@H](O)CNC(=O)c1ccc(S(=O)(=O)NCCCn2cncn2)cc1. The van der Waals surface area contributed by atoms with Gasteiger partial charge in [0.2, 0.25) is 10.0 Å². The minimum absolute atomic E-state index is 0.0836. The molecule has 2 aromatic rings. The quantitative estimate of drug-likeness (QED) is 0.525. The van der Waals surface area contributed by atoms with Gasteiger partial charge in [-0.25, -0.2) is 18.1 Å². The highest BCUT2D eigenvalue weighted by Gasteiger charge is 2.14. The van der Waals surface area contributed by atoms with E-state index in [-0.39, 0.29) is 23.9 Å². The number of aromatic nitrogens is 3. The lowest BCUT2D eigenvalue weighted by Crippen LogP contribution is -2.30. The molecule has 1 amide bonds. The third kappa shape index (κ3) is 5.93. The first-order chi connectivity index (χ1) is 11.9. The monoisotopic (exact) mass is 367 g/mol. The number of carbonyl (C=O) groups excluding carboxylic acids is 1. The summed E-state index contributed by atoms with van der Waals surface area (Å²) in [7, 11) is -3.64. The van der Waals surface area contributed by atoms with Crippen LogP contribution in [0.3, 0.4) is 0 Å². The predicted octanol–water partition coefficient (Wildman–Crippen LogP) is -0.243. The Hall–Kier alpha value is -2.30. The molecule has 0 saturated carbocycles. The van der Waals surface area contributed by atoms with Crippen LogP contribution in [0.25, 0.3) is 0 Å². The van der Waals surface area contributed by atoms with Gasteiger partial charge in [0.1, 0.15) is 12.7 Å². The highest BCUT2D eigenvalue weighted by Crippen LogP contribution is 2.10. The second-order valence-corrected chi connectivity index (χ2v) is 7.26. The third-order valence-corrected chi connectivity index (χ3v) is 4.78. The van der Waals surface area contributed by atoms with Gasteiger partial charge in [0.25, 0.3) is 5.91 Å². The molecule has 0 fully saturated rings. The van der Waals surface area contributed by atoms with Gasteiger partial charge < -0.3 is 10.4 Å². The molecule has 1 heterocycles. The van der Waals surface area contributed by atoms with Crippen LogP contribution in [0.4, 0.5) is 0 Å². The van der Waals surface area contributed by atoms with Crippen LogP contribution in [0.5, 0.6) is 0 Å². The number of nitrogens with zero attached hydrogens (tertiary/aromatic N) is 3. The van der Waals surface area contributed by atoms with Crippen LogP contribution in [0.15, 0.2) is 41.8 Å². The Balaban J connectivity index is 1.87. The number of rotatable bonds is 9. The van der Waals surface area contributed by atoms with Gasteiger partial charge in [-0.3, -0.25) is 9.48 Å². The van der Waals surface area contributed by atoms with Gasteiger partial charge in [-0.05, 0) is 37.6 Å². The molecule has 0 aliphatic heterocycles. The number of aliphatic hydroxyl groups excluding tert-OH is 1. The Morgan fingerprint density at radius 1 is 1.32 bits per heavy atom. The zero-order valence-corrected chi connectivity index (χ0v) is 14.6. The summed E-state index contributed by atoms with van der Waals surface area (Å²) in [5.41, 5.74) is 0.325. The Morgan fingerprint density at radius 3 is 2.64 bits per heavy atom. The molecule has 0 spiro atoms. The lowest BCUT2D eigenvalue weighted by molar-refractivity contribution is 0.0924. The van der Waals surface area contributed by atoms with Crippen molar-refractivity contribution >= 4 is 15.9 Å². The molecule has 0 aliphatic carbocycles. The summed E-state index contributed by atoms with van der Waals surface area (Å²) in [6.45, 7) is 2.51. The van der Waals surface area contributed by atoms with E-state index in [0.717, 1.165) is 0 Å². The molecule has 1 aromatic heterocycles. The second-order valence-electron chi connectivity index (χ2n) is 5.49. The van der Waals surface area contributed by atoms with E-state index in [1.165, 1.54) is 30.6 Å². The Kier molecular flexibility index (Phi) is 6.62. The number of nitrogens with one attached hydrogen (secondary N) is 2. The summed E-state index contributed by atoms with van der Waals surface area (Å²) in [6.07, 6.45) is 2.91. The second kappa shape index (κ2) is 8.70. The zero-order chi connectivity index (χ0) is 18.3. The Morgan fingerprint density at radius 2 is 2.04 bits per heavy atom. The fourth-order valence-corrected chi connectivity index (χ4v) is 3.08. The van der Waals surface area contributed by atoms with Crippen molar-refractivity contribution in [1.82, 2.24) is 24.8 Å². The molecule has 1 atom stereocenters. The van der Waals surface area contributed by atoms with E-state index in [4.69, 9.17) is 5.11 Å². The number of benzene rings is 1. The first kappa shape index (κ1) is 19.0. The number of amides is 1. The Bertz CT molecular complexity index is 773. The van der Waals surface area contributed by atoms with E-state index in [9.17, 15) is 13.2 Å². The van der Waals surface area contributed by atoms with Crippen molar-refractivity contribution in [2.24, 2.45) is 0 Å². The van der Waals surface area contributed by atoms with Gasteiger partial charge in [0.15, 0.2) is 0 Å². The topological polar surface area (TPSA) is 126 Å². The first-order valence-electron chi connectivity index (χ1n) is 7.77. The lowest BCUT2D eigenvalue weighted by Gasteiger charge is -2.09. The number of aryl methyl sites for hydroxylation is 1. The molecule has 1 aromatic carbocycles. The molecule has 0 unspecified atom stereocenters. The van der Waals surface area contributed by atoms with E-state index in [0.29, 0.717) is 18.5 Å². The molecular formula is C15H21N5O4S. The summed E-state index contributed by atoms with van der Waals surface area (Å²) < 4.78 is 28.5. The highest BCUT2D eigenvalue weighted by atomic mass is 32.2. The van der Waals surface area contributed by atoms with E-state index in [1.807, 2.05) is 0 Å². The number of hydrogen-bond donors (Lipinski definition) is 3. The summed E-state index contributed by atoms with van der Waals surface area (Å²) >= 11 is 0. The van der Waals surface area contributed by atoms with Crippen LogP contribution in [0.1, 0.15) is 23.7 Å². The maximum Gasteiger partial charge on any atom is 0.251 e. The molecule has 3 N–H and O–H groups in total. The van der Waals surface area contributed by atoms with Crippen LogP contribution < -0.4 is 10.0 Å². The third-order valence-electron chi connectivity index (χ3n) is 3.31. The van der Waals surface area contributed by atoms with Gasteiger partial charge in [0, 0.05) is 25.2 Å². The van der Waals surface area contributed by atoms with Crippen LogP contribution >= 0.6 is 0 Å². The van der Waals surface area contributed by atoms with E-state index in [1.54, 1.807) is 17.9 Å². The molecule has 9 nitrogen and oxygen atoms in total. The molecule has 0 radical (unpaired) electrons. The fourth-order valence-electron chi connectivity index (χ4n) is 2.01. The normalized spacial score (nSPS) is 12.7. The summed E-state index contributed by atoms with van der Waals surface area (Å²) in [6, 6.07) is 5.61. The molecule has 25 heavy (non-hydrogen) atoms. The maximum atomic E-state index is 12.2. The summed E-state index contributed by atoms with van der Waals surface area (Å²) in [5, 5.41) is 15.6. The predicted molar refractivity (Wildman–Crippen MR) is 90.3 cm³/mol. The van der Waals surface area contributed by atoms with Crippen molar-refractivity contribution < 1.29 is 18.3 Å². The van der Waals surface area contributed by atoms with Crippen LogP contribution in [-0.2, 0) is 16.6 Å². The number of aliphatic hydroxyl groups is 1. The summed E-state index contributed by atoms with van der Waals surface area (Å²) in [5.74, 6) is -0.370. The average Bonchev–Trinajstić information content (AvgIpc) is 3.10. The van der Waals surface area contributed by atoms with E-state index in [2.05, 4.69) is 20.1 Å². The van der Waals surface area contributed by atoms with Gasteiger partial charge in [-0.15, -0.1) is 0 Å². The smallest absolute Gasteiger partial charge is 0.251 e. The van der Waals surface area contributed by atoms with Crippen molar-refractivity contribution in [2.75, 3.05) is 13.1 Å². The summed E-state index contributed by atoms with van der Waals surface area (Å²) in [4.78, 5) is 15.7. The molecule has 10 heteroatoms. The molecule has 2 rings (SSSR count). The molecule has 0 aliphatic rings. The van der Waals surface area contributed by atoms with Crippen molar-refractivity contribution in [3.8, 4) is 0 Å². The minimum atomic E-state index is -3.64. The largest absolute Gasteiger partial charge is 0.392 e. The van der Waals surface area contributed by atoms with Crippen molar-refractivity contribution in [1.29, 1.82) is 0 Å². The number of sulfonamides is 1. The average molecular weight is 367 g/mol. The van der Waals surface area contributed by atoms with E-state index >= 15 is 0 Å². The Labute approximate surface area is 146 Å². The van der Waals surface area contributed by atoms with Gasteiger partial charge in [0.05, 0.1) is 11.0 Å². The van der Waals surface area contributed by atoms with Crippen molar-refractivity contribution in [3.05, 3.63) is 42.5 Å². The van der Waals surface area contributed by atoms with Crippen molar-refractivity contribution in [2.45, 2.75) is 30.9 Å². The number of carbonyl (C=O) groups is 1. The van der Waals surface area contributed by atoms with Gasteiger partial charge in [-0.2, -0.15) is 5.10 Å². The fraction of sp³-hybridized carbons (Fsp3) is 0.400. The van der Waals surface area contributed by atoms with Crippen LogP contribution in [0, 0.1) is 0 Å².